The molecule has 0 bridgehead atoms. The van der Waals surface area contributed by atoms with Crippen LogP contribution in [-0.4, -0.2) is 23.8 Å². The van der Waals surface area contributed by atoms with Crippen LogP contribution in [0.25, 0.3) is 0 Å². The van der Waals surface area contributed by atoms with Crippen LogP contribution < -0.4 is 21.7 Å². The van der Waals surface area contributed by atoms with Crippen LogP contribution in [0.1, 0.15) is 52.4 Å². The average Bonchev–Trinajstić information content (AvgIpc) is 2.79. The normalized spacial score (nSPS) is 12.5. The van der Waals surface area contributed by atoms with Crippen molar-refractivity contribution < 1.29 is 14.4 Å². The number of para-hydroxylation sites is 2. The molecule has 33 heavy (non-hydrogen) atoms. The minimum atomic E-state index is -0.612. The molecule has 0 aliphatic rings. The standard InChI is InChI=1S/C25H33BrN4O3/c1-3-17(2)24(27)25(33)30-21-13-8-7-12-20(21)29-23(32)15-6-4-5-14-22(31)28-19-11-9-10-18(26)16-19/h7-13,16-17,24H,3-6,14-15,27H2,1-2H3,(H,28,31)(H,29,32)(H,30,33)/t17-,24?/m0/s1. The topological polar surface area (TPSA) is 113 Å². The van der Waals surface area contributed by atoms with Crippen molar-refractivity contribution >= 4 is 50.7 Å². The van der Waals surface area contributed by atoms with E-state index >= 15 is 0 Å². The van der Waals surface area contributed by atoms with Gasteiger partial charge in [-0.2, -0.15) is 0 Å². The van der Waals surface area contributed by atoms with E-state index in [1.54, 1.807) is 24.3 Å². The molecule has 0 saturated heterocycles. The van der Waals surface area contributed by atoms with Gasteiger partial charge in [-0.15, -0.1) is 0 Å². The molecular formula is C25H33BrN4O3. The Labute approximate surface area is 204 Å². The minimum absolute atomic E-state index is 0.0437. The minimum Gasteiger partial charge on any atom is -0.326 e. The zero-order valence-electron chi connectivity index (χ0n) is 19.2. The summed E-state index contributed by atoms with van der Waals surface area (Å²) in [5.74, 6) is -0.394. The highest BCUT2D eigenvalue weighted by atomic mass is 79.9. The smallest absolute Gasteiger partial charge is 0.241 e. The van der Waals surface area contributed by atoms with Gasteiger partial charge in [-0.1, -0.05) is 60.8 Å². The van der Waals surface area contributed by atoms with E-state index in [2.05, 4.69) is 31.9 Å². The lowest BCUT2D eigenvalue weighted by molar-refractivity contribution is -0.118. The van der Waals surface area contributed by atoms with Gasteiger partial charge in [0.2, 0.25) is 17.7 Å². The highest BCUT2D eigenvalue weighted by Crippen LogP contribution is 2.22. The number of hydrogen-bond donors (Lipinski definition) is 4. The van der Waals surface area contributed by atoms with Crippen LogP contribution in [-0.2, 0) is 14.4 Å². The second-order valence-corrected chi connectivity index (χ2v) is 9.03. The summed E-state index contributed by atoms with van der Waals surface area (Å²) >= 11 is 3.38. The number of amides is 3. The van der Waals surface area contributed by atoms with Crippen LogP contribution in [0, 0.1) is 5.92 Å². The van der Waals surface area contributed by atoms with Gasteiger partial charge in [0.25, 0.3) is 0 Å². The fourth-order valence-corrected chi connectivity index (χ4v) is 3.58. The number of unbranched alkanes of at least 4 members (excludes halogenated alkanes) is 2. The molecule has 0 aliphatic heterocycles. The van der Waals surface area contributed by atoms with Crippen molar-refractivity contribution in [3.63, 3.8) is 0 Å². The molecule has 2 atom stereocenters. The summed E-state index contributed by atoms with van der Waals surface area (Å²) in [6.07, 6.45) is 3.68. The first-order valence-electron chi connectivity index (χ1n) is 11.3. The number of benzene rings is 2. The second-order valence-electron chi connectivity index (χ2n) is 8.11. The molecule has 0 aromatic heterocycles. The molecule has 1 unspecified atom stereocenters. The van der Waals surface area contributed by atoms with Crippen LogP contribution in [0.3, 0.4) is 0 Å². The second kappa shape index (κ2) is 13.7. The van der Waals surface area contributed by atoms with Gasteiger partial charge in [-0.05, 0) is 49.1 Å². The number of carbonyl (C=O) groups is 3. The Bertz CT molecular complexity index is 951. The maximum atomic E-state index is 12.4. The molecule has 0 aliphatic carbocycles. The SMILES string of the molecule is CC[C@H](C)C(N)C(=O)Nc1ccccc1NC(=O)CCCCCC(=O)Nc1cccc(Br)c1. The molecule has 2 rings (SSSR count). The van der Waals surface area contributed by atoms with Crippen molar-refractivity contribution in [1.82, 2.24) is 0 Å². The Morgan fingerprint density at radius 1 is 0.879 bits per heavy atom. The summed E-state index contributed by atoms with van der Waals surface area (Å²) < 4.78 is 0.908. The summed E-state index contributed by atoms with van der Waals surface area (Å²) in [5, 5.41) is 8.54. The van der Waals surface area contributed by atoms with Gasteiger partial charge in [0, 0.05) is 23.0 Å². The lowest BCUT2D eigenvalue weighted by Gasteiger charge is -2.19. The van der Waals surface area contributed by atoms with Crippen LogP contribution in [0.2, 0.25) is 0 Å². The Morgan fingerprint density at radius 2 is 1.48 bits per heavy atom. The van der Waals surface area contributed by atoms with Gasteiger partial charge in [0.15, 0.2) is 0 Å². The predicted molar refractivity (Wildman–Crippen MR) is 137 cm³/mol. The molecule has 178 valence electrons. The highest BCUT2D eigenvalue weighted by Gasteiger charge is 2.20. The molecule has 5 N–H and O–H groups in total. The largest absolute Gasteiger partial charge is 0.326 e. The molecule has 2 aromatic rings. The van der Waals surface area contributed by atoms with E-state index in [0.29, 0.717) is 37.1 Å². The van der Waals surface area contributed by atoms with Crippen LogP contribution in [0.15, 0.2) is 53.0 Å². The Hall–Kier alpha value is -2.71. The molecule has 8 heteroatoms. The van der Waals surface area contributed by atoms with Gasteiger partial charge in [-0.3, -0.25) is 14.4 Å². The third-order valence-corrected chi connectivity index (χ3v) is 5.93. The zero-order chi connectivity index (χ0) is 24.2. The fraction of sp³-hybridized carbons (Fsp3) is 0.400. The first kappa shape index (κ1) is 26.5. The Kier molecular flexibility index (Phi) is 11.1. The van der Waals surface area contributed by atoms with E-state index < -0.39 is 6.04 Å². The van der Waals surface area contributed by atoms with E-state index in [9.17, 15) is 14.4 Å². The van der Waals surface area contributed by atoms with Gasteiger partial charge in [0.05, 0.1) is 17.4 Å². The van der Waals surface area contributed by atoms with Crippen molar-refractivity contribution in [1.29, 1.82) is 0 Å². The van der Waals surface area contributed by atoms with Crippen molar-refractivity contribution in [3.8, 4) is 0 Å². The third-order valence-electron chi connectivity index (χ3n) is 5.43. The van der Waals surface area contributed by atoms with Crippen molar-refractivity contribution in [2.24, 2.45) is 11.7 Å². The maximum Gasteiger partial charge on any atom is 0.241 e. The maximum absolute atomic E-state index is 12.4. The summed E-state index contributed by atoms with van der Waals surface area (Å²) in [7, 11) is 0. The molecule has 0 heterocycles. The lowest BCUT2D eigenvalue weighted by Crippen LogP contribution is -2.40. The molecule has 3 amide bonds. The summed E-state index contributed by atoms with van der Waals surface area (Å²) in [6.45, 7) is 3.92. The Morgan fingerprint density at radius 3 is 2.09 bits per heavy atom. The van der Waals surface area contributed by atoms with Crippen molar-refractivity contribution in [2.45, 2.75) is 58.4 Å². The average molecular weight is 517 g/mol. The third kappa shape index (κ3) is 9.35. The number of anilines is 3. The van der Waals surface area contributed by atoms with Crippen molar-refractivity contribution in [2.75, 3.05) is 16.0 Å². The Balaban J connectivity index is 1.73. The molecule has 0 radical (unpaired) electrons. The summed E-state index contributed by atoms with van der Waals surface area (Å²) in [4.78, 5) is 36.8. The molecule has 0 spiro atoms. The van der Waals surface area contributed by atoms with Crippen molar-refractivity contribution in [3.05, 3.63) is 53.0 Å². The van der Waals surface area contributed by atoms with E-state index in [-0.39, 0.29) is 23.6 Å². The van der Waals surface area contributed by atoms with E-state index in [1.807, 2.05) is 38.1 Å². The molecule has 0 saturated carbocycles. The highest BCUT2D eigenvalue weighted by molar-refractivity contribution is 9.10. The number of hydrogen-bond acceptors (Lipinski definition) is 4. The number of carbonyl (C=O) groups excluding carboxylic acids is 3. The van der Waals surface area contributed by atoms with E-state index in [1.165, 1.54) is 0 Å². The first-order chi connectivity index (χ1) is 15.8. The first-order valence-corrected chi connectivity index (χ1v) is 12.1. The van der Waals surface area contributed by atoms with Gasteiger partial charge in [0.1, 0.15) is 0 Å². The number of rotatable bonds is 12. The summed E-state index contributed by atoms with van der Waals surface area (Å²) in [5.41, 5.74) is 7.83. The summed E-state index contributed by atoms with van der Waals surface area (Å²) in [6, 6.07) is 13.9. The van der Waals surface area contributed by atoms with Gasteiger partial charge < -0.3 is 21.7 Å². The lowest BCUT2D eigenvalue weighted by atomic mass is 9.99. The van der Waals surface area contributed by atoms with E-state index in [0.717, 1.165) is 23.0 Å². The van der Waals surface area contributed by atoms with Crippen LogP contribution in [0.4, 0.5) is 17.1 Å². The van der Waals surface area contributed by atoms with Gasteiger partial charge in [-0.25, -0.2) is 0 Å². The number of nitrogens with one attached hydrogen (secondary N) is 3. The van der Waals surface area contributed by atoms with Crippen LogP contribution in [0.5, 0.6) is 0 Å². The number of halogens is 1. The van der Waals surface area contributed by atoms with E-state index in [4.69, 9.17) is 5.73 Å². The van der Waals surface area contributed by atoms with Crippen LogP contribution >= 0.6 is 15.9 Å². The zero-order valence-corrected chi connectivity index (χ0v) is 20.8. The fourth-order valence-electron chi connectivity index (χ4n) is 3.18. The molecule has 2 aromatic carbocycles. The monoisotopic (exact) mass is 516 g/mol. The van der Waals surface area contributed by atoms with Gasteiger partial charge >= 0.3 is 0 Å². The quantitative estimate of drug-likeness (QED) is 0.287. The molecule has 0 fully saturated rings. The molecule has 7 nitrogen and oxygen atoms in total. The number of nitrogens with two attached hydrogens (primary N) is 1. The molecular weight excluding hydrogens is 484 g/mol. The predicted octanol–water partition coefficient (Wildman–Crippen LogP) is 5.29.